The minimum absolute atomic E-state index is 0.212. The summed E-state index contributed by atoms with van der Waals surface area (Å²) < 4.78 is 3.72. The molecule has 0 aliphatic carbocycles. The third-order valence-corrected chi connectivity index (χ3v) is 3.00. The molecule has 0 spiro atoms. The SMILES string of the molecule is CC(C)n1ncc(Cl)c1C(N)c1nccn1C. The molecule has 0 fully saturated rings. The van der Waals surface area contributed by atoms with Crippen molar-refractivity contribution in [3.63, 3.8) is 0 Å². The van der Waals surface area contributed by atoms with Crippen molar-refractivity contribution in [1.82, 2.24) is 19.3 Å². The quantitative estimate of drug-likeness (QED) is 0.909. The molecule has 0 bridgehead atoms. The summed E-state index contributed by atoms with van der Waals surface area (Å²) in [5, 5.41) is 4.82. The van der Waals surface area contributed by atoms with Crippen molar-refractivity contribution in [2.45, 2.75) is 25.9 Å². The Labute approximate surface area is 105 Å². The van der Waals surface area contributed by atoms with E-state index in [4.69, 9.17) is 17.3 Å². The van der Waals surface area contributed by atoms with Crippen molar-refractivity contribution in [2.24, 2.45) is 12.8 Å². The van der Waals surface area contributed by atoms with Gasteiger partial charge in [0.2, 0.25) is 0 Å². The summed E-state index contributed by atoms with van der Waals surface area (Å²) >= 11 is 6.15. The molecular formula is C11H16ClN5. The maximum absolute atomic E-state index is 6.22. The van der Waals surface area contributed by atoms with Gasteiger partial charge in [0.1, 0.15) is 11.9 Å². The van der Waals surface area contributed by atoms with Crippen LogP contribution in [0.5, 0.6) is 0 Å². The number of aryl methyl sites for hydroxylation is 1. The summed E-state index contributed by atoms with van der Waals surface area (Å²) in [5.74, 6) is 0.773. The van der Waals surface area contributed by atoms with Crippen LogP contribution in [-0.2, 0) is 7.05 Å². The highest BCUT2D eigenvalue weighted by Crippen LogP contribution is 2.27. The molecule has 2 N–H and O–H groups in total. The number of hydrogen-bond donors (Lipinski definition) is 1. The van der Waals surface area contributed by atoms with Gasteiger partial charge in [-0.2, -0.15) is 5.10 Å². The molecule has 5 nitrogen and oxygen atoms in total. The van der Waals surface area contributed by atoms with Gasteiger partial charge in [-0.15, -0.1) is 0 Å². The van der Waals surface area contributed by atoms with E-state index in [0.717, 1.165) is 11.5 Å². The molecule has 0 amide bonds. The first-order valence-electron chi connectivity index (χ1n) is 5.48. The molecule has 0 aliphatic heterocycles. The van der Waals surface area contributed by atoms with Gasteiger partial charge in [0.15, 0.2) is 0 Å². The van der Waals surface area contributed by atoms with Crippen LogP contribution in [0.3, 0.4) is 0 Å². The molecule has 2 aromatic rings. The standard InChI is InChI=1S/C11H16ClN5/c1-7(2)17-10(8(12)6-15-17)9(13)11-14-4-5-16(11)3/h4-7,9H,13H2,1-3H3. The van der Waals surface area contributed by atoms with Crippen LogP contribution in [0, 0.1) is 0 Å². The van der Waals surface area contributed by atoms with Gasteiger partial charge < -0.3 is 10.3 Å². The van der Waals surface area contributed by atoms with E-state index in [2.05, 4.69) is 10.1 Å². The number of nitrogens with two attached hydrogens (primary N) is 1. The minimum atomic E-state index is -0.368. The number of nitrogens with zero attached hydrogens (tertiary/aromatic N) is 4. The molecule has 1 unspecified atom stereocenters. The Morgan fingerprint density at radius 3 is 2.65 bits per heavy atom. The molecule has 1 atom stereocenters. The van der Waals surface area contributed by atoms with E-state index in [-0.39, 0.29) is 12.1 Å². The Bertz CT molecular complexity index is 514. The highest BCUT2D eigenvalue weighted by Gasteiger charge is 2.22. The molecule has 92 valence electrons. The second-order valence-corrected chi connectivity index (χ2v) is 4.70. The molecular weight excluding hydrogens is 238 g/mol. The van der Waals surface area contributed by atoms with Crippen molar-refractivity contribution in [1.29, 1.82) is 0 Å². The van der Waals surface area contributed by atoms with E-state index >= 15 is 0 Å². The topological polar surface area (TPSA) is 61.7 Å². The average molecular weight is 254 g/mol. The van der Waals surface area contributed by atoms with Crippen molar-refractivity contribution in [3.05, 3.63) is 35.1 Å². The molecule has 6 heteroatoms. The van der Waals surface area contributed by atoms with Crippen molar-refractivity contribution < 1.29 is 0 Å². The lowest BCUT2D eigenvalue weighted by molar-refractivity contribution is 0.492. The zero-order valence-electron chi connectivity index (χ0n) is 10.1. The van der Waals surface area contributed by atoms with Gasteiger partial charge in [-0.3, -0.25) is 4.68 Å². The van der Waals surface area contributed by atoms with E-state index in [1.54, 1.807) is 12.4 Å². The Balaban J connectivity index is 2.47. The van der Waals surface area contributed by atoms with E-state index in [1.165, 1.54) is 0 Å². The lowest BCUT2D eigenvalue weighted by Gasteiger charge is -2.17. The first-order chi connectivity index (χ1) is 8.02. The van der Waals surface area contributed by atoms with Crippen LogP contribution in [0.4, 0.5) is 0 Å². The van der Waals surface area contributed by atoms with Crippen LogP contribution in [0.1, 0.15) is 37.4 Å². The van der Waals surface area contributed by atoms with Crippen LogP contribution in [0.15, 0.2) is 18.6 Å². The molecule has 0 saturated carbocycles. The highest BCUT2D eigenvalue weighted by molar-refractivity contribution is 6.31. The van der Waals surface area contributed by atoms with Gasteiger partial charge in [-0.05, 0) is 13.8 Å². The summed E-state index contributed by atoms with van der Waals surface area (Å²) in [6, 6.07) is -0.156. The summed E-state index contributed by atoms with van der Waals surface area (Å²) in [6.45, 7) is 4.08. The third-order valence-electron chi connectivity index (χ3n) is 2.71. The second-order valence-electron chi connectivity index (χ2n) is 4.29. The Morgan fingerprint density at radius 1 is 1.41 bits per heavy atom. The zero-order valence-corrected chi connectivity index (χ0v) is 10.9. The predicted molar refractivity (Wildman–Crippen MR) is 66.9 cm³/mol. The lowest BCUT2D eigenvalue weighted by Crippen LogP contribution is -2.22. The van der Waals surface area contributed by atoms with Gasteiger partial charge in [0.05, 0.1) is 16.9 Å². The molecule has 2 heterocycles. The maximum Gasteiger partial charge on any atom is 0.131 e. The monoisotopic (exact) mass is 253 g/mol. The van der Waals surface area contributed by atoms with E-state index in [0.29, 0.717) is 5.02 Å². The predicted octanol–water partition coefficient (Wildman–Crippen LogP) is 1.90. The van der Waals surface area contributed by atoms with Gasteiger partial charge in [0, 0.05) is 25.5 Å². The number of imidazole rings is 1. The third kappa shape index (κ3) is 2.08. The number of hydrogen-bond acceptors (Lipinski definition) is 3. The molecule has 0 radical (unpaired) electrons. The smallest absolute Gasteiger partial charge is 0.131 e. The number of aromatic nitrogens is 4. The molecule has 2 rings (SSSR count). The van der Waals surface area contributed by atoms with Gasteiger partial charge >= 0.3 is 0 Å². The molecule has 0 aromatic carbocycles. The lowest BCUT2D eigenvalue weighted by atomic mass is 10.2. The summed E-state index contributed by atoms with van der Waals surface area (Å²) in [7, 11) is 1.91. The molecule has 0 saturated heterocycles. The maximum atomic E-state index is 6.22. The van der Waals surface area contributed by atoms with E-state index in [9.17, 15) is 0 Å². The number of rotatable bonds is 3. The zero-order chi connectivity index (χ0) is 12.6. The highest BCUT2D eigenvalue weighted by atomic mass is 35.5. The fourth-order valence-electron chi connectivity index (χ4n) is 1.85. The summed E-state index contributed by atoms with van der Waals surface area (Å²) in [5.41, 5.74) is 7.02. The van der Waals surface area contributed by atoms with Crippen LogP contribution in [0.2, 0.25) is 5.02 Å². The Kier molecular flexibility index (Phi) is 3.22. The summed E-state index contributed by atoms with van der Waals surface area (Å²) in [4.78, 5) is 4.25. The van der Waals surface area contributed by atoms with Crippen LogP contribution >= 0.6 is 11.6 Å². The first kappa shape index (κ1) is 12.1. The Hall–Kier alpha value is -1.33. The van der Waals surface area contributed by atoms with Gasteiger partial charge in [-0.1, -0.05) is 11.6 Å². The fourth-order valence-corrected chi connectivity index (χ4v) is 2.10. The minimum Gasteiger partial charge on any atom is -0.336 e. The van der Waals surface area contributed by atoms with Crippen molar-refractivity contribution >= 4 is 11.6 Å². The largest absolute Gasteiger partial charge is 0.336 e. The average Bonchev–Trinajstić information content (AvgIpc) is 2.83. The van der Waals surface area contributed by atoms with E-state index < -0.39 is 0 Å². The molecule has 2 aromatic heterocycles. The molecule has 0 aliphatic rings. The van der Waals surface area contributed by atoms with Crippen molar-refractivity contribution in [2.75, 3.05) is 0 Å². The van der Waals surface area contributed by atoms with Crippen LogP contribution < -0.4 is 5.73 Å². The second kappa shape index (κ2) is 4.50. The van der Waals surface area contributed by atoms with E-state index in [1.807, 2.05) is 36.3 Å². The molecule has 17 heavy (non-hydrogen) atoms. The van der Waals surface area contributed by atoms with Crippen molar-refractivity contribution in [3.8, 4) is 0 Å². The summed E-state index contributed by atoms with van der Waals surface area (Å²) in [6.07, 6.45) is 5.21. The van der Waals surface area contributed by atoms with Crippen LogP contribution in [-0.4, -0.2) is 19.3 Å². The fraction of sp³-hybridized carbons (Fsp3) is 0.455. The first-order valence-corrected chi connectivity index (χ1v) is 5.86. The van der Waals surface area contributed by atoms with Gasteiger partial charge in [0.25, 0.3) is 0 Å². The van der Waals surface area contributed by atoms with Gasteiger partial charge in [-0.25, -0.2) is 4.98 Å². The Morgan fingerprint density at radius 2 is 2.12 bits per heavy atom. The van der Waals surface area contributed by atoms with Crippen LogP contribution in [0.25, 0.3) is 0 Å². The normalized spacial score (nSPS) is 13.3. The number of halogens is 1.